The molecule has 0 unspecified atom stereocenters. The van der Waals surface area contributed by atoms with Gasteiger partial charge >= 0.3 is 0 Å². The number of hydrogen-bond donors (Lipinski definition) is 1. The second-order valence-electron chi connectivity index (χ2n) is 8.53. The molecule has 29 heavy (non-hydrogen) atoms. The van der Waals surface area contributed by atoms with Gasteiger partial charge in [-0.2, -0.15) is 0 Å². The highest BCUT2D eigenvalue weighted by Crippen LogP contribution is 2.39. The Hall–Kier alpha value is -2.53. The van der Waals surface area contributed by atoms with Crippen LogP contribution in [-0.2, 0) is 17.9 Å². The van der Waals surface area contributed by atoms with Crippen molar-refractivity contribution in [3.8, 4) is 11.5 Å². The van der Waals surface area contributed by atoms with Crippen LogP contribution in [0.25, 0.3) is 0 Å². The van der Waals surface area contributed by atoms with Crippen LogP contribution in [0.5, 0.6) is 11.5 Å². The molecule has 1 heterocycles. The average molecular weight is 395 g/mol. The maximum Gasteiger partial charge on any atom is 0.219 e. The summed E-state index contributed by atoms with van der Waals surface area (Å²) in [5.74, 6) is 1.43. The molecule has 1 N–H and O–H groups in total. The summed E-state index contributed by atoms with van der Waals surface area (Å²) in [6.45, 7) is 3.93. The molecule has 5 nitrogen and oxygen atoms in total. The van der Waals surface area contributed by atoms with E-state index < -0.39 is 0 Å². The minimum absolute atomic E-state index is 0.124. The molecule has 0 atom stereocenters. The molecule has 1 aliphatic heterocycles. The van der Waals surface area contributed by atoms with E-state index in [1.807, 2.05) is 36.2 Å². The SMILES string of the molecule is CC(=O)N(C)C1CCC2(CC1)CN(Cc1ccccc1O)Cc1ccccc1O2. The molecule has 5 heteroatoms. The first-order valence-electron chi connectivity index (χ1n) is 10.5. The largest absolute Gasteiger partial charge is 0.508 e. The summed E-state index contributed by atoms with van der Waals surface area (Å²) in [4.78, 5) is 16.0. The lowest BCUT2D eigenvalue weighted by atomic mass is 9.81. The van der Waals surface area contributed by atoms with Crippen molar-refractivity contribution in [2.24, 2.45) is 0 Å². The number of aromatic hydroxyl groups is 1. The minimum atomic E-state index is -0.259. The van der Waals surface area contributed by atoms with Crippen molar-refractivity contribution in [1.82, 2.24) is 9.80 Å². The number of ether oxygens (including phenoxy) is 1. The van der Waals surface area contributed by atoms with Gasteiger partial charge in [-0.15, -0.1) is 0 Å². The van der Waals surface area contributed by atoms with Gasteiger partial charge in [0.25, 0.3) is 0 Å². The molecule has 154 valence electrons. The van der Waals surface area contributed by atoms with Crippen molar-refractivity contribution in [3.05, 3.63) is 59.7 Å². The monoisotopic (exact) mass is 394 g/mol. The second-order valence-corrected chi connectivity index (χ2v) is 8.53. The summed E-state index contributed by atoms with van der Waals surface area (Å²) in [7, 11) is 1.90. The third-order valence-electron chi connectivity index (χ3n) is 6.50. The van der Waals surface area contributed by atoms with Gasteiger partial charge in [0, 0.05) is 50.8 Å². The Morgan fingerprint density at radius 3 is 2.59 bits per heavy atom. The van der Waals surface area contributed by atoms with Gasteiger partial charge < -0.3 is 14.7 Å². The highest BCUT2D eigenvalue weighted by atomic mass is 16.5. The van der Waals surface area contributed by atoms with Gasteiger partial charge in [0.15, 0.2) is 0 Å². The molecular formula is C24H30N2O3. The van der Waals surface area contributed by atoms with Gasteiger partial charge in [0.1, 0.15) is 17.1 Å². The Bertz CT molecular complexity index is 874. The van der Waals surface area contributed by atoms with Crippen molar-refractivity contribution in [2.75, 3.05) is 13.6 Å². The number of amides is 1. The van der Waals surface area contributed by atoms with E-state index in [1.54, 1.807) is 13.0 Å². The Kier molecular flexibility index (Phi) is 5.50. The maximum absolute atomic E-state index is 11.8. The van der Waals surface area contributed by atoms with Crippen LogP contribution in [0.4, 0.5) is 0 Å². The van der Waals surface area contributed by atoms with Crippen LogP contribution in [0, 0.1) is 0 Å². The number of para-hydroxylation sites is 2. The number of benzene rings is 2. The first kappa shape index (κ1) is 19.8. The molecule has 0 saturated heterocycles. The van der Waals surface area contributed by atoms with Gasteiger partial charge in [0.2, 0.25) is 5.91 Å². The highest BCUT2D eigenvalue weighted by molar-refractivity contribution is 5.73. The van der Waals surface area contributed by atoms with Crippen LogP contribution in [0.2, 0.25) is 0 Å². The van der Waals surface area contributed by atoms with E-state index in [1.165, 1.54) is 5.56 Å². The van der Waals surface area contributed by atoms with Crippen molar-refractivity contribution >= 4 is 5.91 Å². The number of rotatable bonds is 3. The van der Waals surface area contributed by atoms with E-state index in [-0.39, 0.29) is 17.6 Å². The fourth-order valence-corrected chi connectivity index (χ4v) is 4.73. The summed E-state index contributed by atoms with van der Waals surface area (Å²) in [5.41, 5.74) is 1.86. The first-order chi connectivity index (χ1) is 14.0. The Morgan fingerprint density at radius 2 is 1.86 bits per heavy atom. The number of carbonyl (C=O) groups excluding carboxylic acids is 1. The predicted molar refractivity (Wildman–Crippen MR) is 113 cm³/mol. The molecule has 4 rings (SSSR count). The standard InChI is InChI=1S/C24H30N2O3/c1-18(27)25(2)21-11-13-24(14-12-21)17-26(15-19-7-3-5-9-22(19)28)16-20-8-4-6-10-23(20)29-24/h3-10,21,28H,11-17H2,1-2H3. The van der Waals surface area contributed by atoms with Crippen LogP contribution in [0.1, 0.15) is 43.7 Å². The number of carbonyl (C=O) groups is 1. The van der Waals surface area contributed by atoms with E-state index in [0.29, 0.717) is 12.3 Å². The highest BCUT2D eigenvalue weighted by Gasteiger charge is 2.42. The van der Waals surface area contributed by atoms with Crippen LogP contribution in [0.15, 0.2) is 48.5 Å². The smallest absolute Gasteiger partial charge is 0.219 e. The van der Waals surface area contributed by atoms with Crippen molar-refractivity contribution in [1.29, 1.82) is 0 Å². The second kappa shape index (κ2) is 8.07. The topological polar surface area (TPSA) is 53.0 Å². The zero-order valence-electron chi connectivity index (χ0n) is 17.3. The molecule has 0 bridgehead atoms. The summed E-state index contributed by atoms with van der Waals surface area (Å²) < 4.78 is 6.66. The summed E-state index contributed by atoms with van der Waals surface area (Å²) in [5, 5.41) is 10.3. The Labute approximate surface area is 172 Å². The number of phenolic OH excluding ortho intramolecular Hbond substituents is 1. The third kappa shape index (κ3) is 4.25. The summed E-state index contributed by atoms with van der Waals surface area (Å²) in [6.07, 6.45) is 3.73. The molecule has 1 spiro atoms. The number of fused-ring (bicyclic) bond motifs is 1. The van der Waals surface area contributed by atoms with Crippen LogP contribution in [0.3, 0.4) is 0 Å². The summed E-state index contributed by atoms with van der Waals surface area (Å²) in [6, 6.07) is 16.1. The average Bonchev–Trinajstić information content (AvgIpc) is 2.85. The number of nitrogens with zero attached hydrogens (tertiary/aromatic N) is 2. The fourth-order valence-electron chi connectivity index (χ4n) is 4.73. The summed E-state index contributed by atoms with van der Waals surface area (Å²) >= 11 is 0. The lowest BCUT2D eigenvalue weighted by Crippen LogP contribution is -2.51. The van der Waals surface area contributed by atoms with Crippen molar-refractivity contribution < 1.29 is 14.6 Å². The number of hydrogen-bond acceptors (Lipinski definition) is 4. The molecule has 1 saturated carbocycles. The van der Waals surface area contributed by atoms with Crippen LogP contribution in [-0.4, -0.2) is 46.0 Å². The molecule has 1 amide bonds. The van der Waals surface area contributed by atoms with Gasteiger partial charge in [-0.1, -0.05) is 36.4 Å². The predicted octanol–water partition coefficient (Wildman–Crippen LogP) is 3.95. The van der Waals surface area contributed by atoms with E-state index in [2.05, 4.69) is 23.1 Å². The van der Waals surface area contributed by atoms with Crippen LogP contribution >= 0.6 is 0 Å². The van der Waals surface area contributed by atoms with Crippen LogP contribution < -0.4 is 4.74 Å². The number of phenols is 1. The normalized spacial score (nSPS) is 24.4. The zero-order chi connectivity index (χ0) is 20.4. The molecule has 1 fully saturated rings. The lowest BCUT2D eigenvalue weighted by molar-refractivity contribution is -0.131. The molecule has 0 radical (unpaired) electrons. The molecule has 0 aromatic heterocycles. The molecule has 2 aliphatic rings. The van der Waals surface area contributed by atoms with E-state index >= 15 is 0 Å². The van der Waals surface area contributed by atoms with E-state index in [9.17, 15) is 9.90 Å². The van der Waals surface area contributed by atoms with Gasteiger partial charge in [-0.3, -0.25) is 9.69 Å². The zero-order valence-corrected chi connectivity index (χ0v) is 17.3. The molecule has 2 aromatic rings. The van der Waals surface area contributed by atoms with Gasteiger partial charge in [0.05, 0.1) is 0 Å². The quantitative estimate of drug-likeness (QED) is 0.857. The molecule has 1 aliphatic carbocycles. The van der Waals surface area contributed by atoms with Gasteiger partial charge in [-0.05, 0) is 37.8 Å². The molecular weight excluding hydrogens is 364 g/mol. The van der Waals surface area contributed by atoms with E-state index in [0.717, 1.165) is 50.1 Å². The third-order valence-corrected chi connectivity index (χ3v) is 6.50. The first-order valence-corrected chi connectivity index (χ1v) is 10.5. The van der Waals surface area contributed by atoms with Crippen molar-refractivity contribution in [2.45, 2.75) is 57.3 Å². The molecule has 2 aromatic carbocycles. The fraction of sp³-hybridized carbons (Fsp3) is 0.458. The maximum atomic E-state index is 11.8. The Morgan fingerprint density at radius 1 is 1.17 bits per heavy atom. The van der Waals surface area contributed by atoms with E-state index in [4.69, 9.17) is 4.74 Å². The minimum Gasteiger partial charge on any atom is -0.508 e. The van der Waals surface area contributed by atoms with Crippen molar-refractivity contribution in [3.63, 3.8) is 0 Å². The lowest BCUT2D eigenvalue weighted by Gasteiger charge is -2.43. The van der Waals surface area contributed by atoms with Gasteiger partial charge in [-0.25, -0.2) is 0 Å². The Balaban J connectivity index is 1.58.